The molecule has 1 saturated heterocycles. The van der Waals surface area contributed by atoms with Gasteiger partial charge in [0.1, 0.15) is 0 Å². The Bertz CT molecular complexity index is 804. The van der Waals surface area contributed by atoms with Gasteiger partial charge < -0.3 is 10.6 Å². The van der Waals surface area contributed by atoms with Crippen LogP contribution in [0.15, 0.2) is 30.5 Å². The highest BCUT2D eigenvalue weighted by Crippen LogP contribution is 2.35. The number of hydrogen-bond donors (Lipinski definition) is 1. The van der Waals surface area contributed by atoms with Crippen molar-refractivity contribution in [3.63, 3.8) is 0 Å². The van der Waals surface area contributed by atoms with Crippen LogP contribution in [0.4, 0.5) is 13.2 Å². The molecule has 0 aliphatic carbocycles. The third-order valence-electron chi connectivity index (χ3n) is 4.80. The number of nitrogens with two attached hydrogens (primary N) is 1. The van der Waals surface area contributed by atoms with E-state index < -0.39 is 23.3 Å². The van der Waals surface area contributed by atoms with Crippen LogP contribution in [-0.4, -0.2) is 39.7 Å². The monoisotopic (exact) mass is 402 g/mol. The maximum absolute atomic E-state index is 13.7. The van der Waals surface area contributed by atoms with Crippen molar-refractivity contribution in [2.24, 2.45) is 11.7 Å². The summed E-state index contributed by atoms with van der Waals surface area (Å²) in [4.78, 5) is 14.3. The minimum absolute atomic E-state index is 0. The van der Waals surface area contributed by atoms with Crippen LogP contribution >= 0.6 is 12.4 Å². The second kappa shape index (κ2) is 7.90. The number of hydrogen-bond acceptors (Lipinski definition) is 3. The van der Waals surface area contributed by atoms with Crippen LogP contribution in [-0.2, 0) is 6.18 Å². The molecule has 1 aliphatic heterocycles. The Kier molecular flexibility index (Phi) is 6.21. The maximum atomic E-state index is 13.7. The van der Waals surface area contributed by atoms with Crippen molar-refractivity contribution in [1.29, 1.82) is 0 Å². The molecule has 148 valence electrons. The van der Waals surface area contributed by atoms with Crippen molar-refractivity contribution < 1.29 is 18.0 Å². The van der Waals surface area contributed by atoms with Gasteiger partial charge in [-0.1, -0.05) is 17.7 Å². The highest BCUT2D eigenvalue weighted by molar-refractivity contribution is 5.96. The van der Waals surface area contributed by atoms with Crippen molar-refractivity contribution in [2.75, 3.05) is 13.1 Å². The molecule has 0 saturated carbocycles. The molecule has 1 amide bonds. The summed E-state index contributed by atoms with van der Waals surface area (Å²) < 4.78 is 42.0. The average Bonchev–Trinajstić information content (AvgIpc) is 3.18. The van der Waals surface area contributed by atoms with Gasteiger partial charge in [0.2, 0.25) is 0 Å². The summed E-state index contributed by atoms with van der Waals surface area (Å²) in [6.45, 7) is 4.44. The van der Waals surface area contributed by atoms with E-state index in [-0.39, 0.29) is 30.1 Å². The summed E-state index contributed by atoms with van der Waals surface area (Å²) in [5.41, 5.74) is 5.36. The Labute approximate surface area is 161 Å². The van der Waals surface area contributed by atoms with Gasteiger partial charge in [0.05, 0.1) is 17.4 Å². The number of carbonyl (C=O) groups excluding carboxylic acids is 1. The standard InChI is InChI=1S/C18H21F3N4O.ClH/c1-11-3-5-14(6-4-11)25-16(18(19,20)21)15(9-23-25)17(26)24-10-13(8-22)7-12(24)2;/h3-6,9,12-13H,7-8,10,22H2,1-2H3;1H. The van der Waals surface area contributed by atoms with E-state index in [9.17, 15) is 18.0 Å². The Balaban J connectivity index is 0.00000261. The number of halogens is 4. The van der Waals surface area contributed by atoms with Gasteiger partial charge in [0.15, 0.2) is 5.69 Å². The maximum Gasteiger partial charge on any atom is 0.434 e. The number of aromatic nitrogens is 2. The van der Waals surface area contributed by atoms with E-state index in [0.717, 1.165) is 16.4 Å². The van der Waals surface area contributed by atoms with Crippen LogP contribution in [0.2, 0.25) is 0 Å². The van der Waals surface area contributed by atoms with E-state index >= 15 is 0 Å². The fraction of sp³-hybridized carbons (Fsp3) is 0.444. The molecule has 5 nitrogen and oxygen atoms in total. The predicted molar refractivity (Wildman–Crippen MR) is 98.2 cm³/mol. The van der Waals surface area contributed by atoms with Gasteiger partial charge in [-0.2, -0.15) is 18.3 Å². The number of benzene rings is 1. The molecule has 0 bridgehead atoms. The van der Waals surface area contributed by atoms with E-state index in [4.69, 9.17) is 5.73 Å². The van der Waals surface area contributed by atoms with Gasteiger partial charge in [-0.15, -0.1) is 12.4 Å². The largest absolute Gasteiger partial charge is 0.434 e. The molecule has 3 rings (SSSR count). The summed E-state index contributed by atoms with van der Waals surface area (Å²) in [5.74, 6) is -0.547. The first-order valence-electron chi connectivity index (χ1n) is 8.45. The topological polar surface area (TPSA) is 64.2 Å². The molecule has 2 aromatic rings. The number of carbonyl (C=O) groups is 1. The third kappa shape index (κ3) is 4.11. The number of nitrogens with zero attached hydrogens (tertiary/aromatic N) is 3. The Hall–Kier alpha value is -2.06. The average molecular weight is 403 g/mol. The van der Waals surface area contributed by atoms with E-state index in [0.29, 0.717) is 19.5 Å². The van der Waals surface area contributed by atoms with Crippen molar-refractivity contribution in [1.82, 2.24) is 14.7 Å². The van der Waals surface area contributed by atoms with Gasteiger partial charge in [0.25, 0.3) is 5.91 Å². The molecule has 2 heterocycles. The van der Waals surface area contributed by atoms with Crippen LogP contribution in [0.25, 0.3) is 5.69 Å². The lowest BCUT2D eigenvalue weighted by molar-refractivity contribution is -0.143. The van der Waals surface area contributed by atoms with Crippen molar-refractivity contribution in [3.8, 4) is 5.69 Å². The first kappa shape index (κ1) is 21.2. The molecule has 2 N–H and O–H groups in total. The van der Waals surface area contributed by atoms with Crippen LogP contribution in [0, 0.1) is 12.8 Å². The third-order valence-corrected chi connectivity index (χ3v) is 4.80. The van der Waals surface area contributed by atoms with E-state index in [2.05, 4.69) is 5.10 Å². The molecule has 2 atom stereocenters. The van der Waals surface area contributed by atoms with Crippen LogP contribution in [0.1, 0.15) is 35.0 Å². The Morgan fingerprint density at radius 1 is 1.30 bits per heavy atom. The molecular weight excluding hydrogens is 381 g/mol. The smallest absolute Gasteiger partial charge is 0.335 e. The minimum Gasteiger partial charge on any atom is -0.335 e. The second-order valence-electron chi connectivity index (χ2n) is 6.80. The zero-order valence-electron chi connectivity index (χ0n) is 15.0. The zero-order chi connectivity index (χ0) is 19.1. The molecule has 1 fully saturated rings. The normalized spacial score (nSPS) is 19.9. The van der Waals surface area contributed by atoms with Crippen molar-refractivity contribution in [3.05, 3.63) is 47.3 Å². The van der Waals surface area contributed by atoms with E-state index in [1.165, 1.54) is 4.90 Å². The van der Waals surface area contributed by atoms with Gasteiger partial charge >= 0.3 is 6.18 Å². The molecule has 2 unspecified atom stereocenters. The van der Waals surface area contributed by atoms with E-state index in [1.807, 2.05) is 13.8 Å². The summed E-state index contributed by atoms with van der Waals surface area (Å²) in [7, 11) is 0. The fourth-order valence-electron chi connectivity index (χ4n) is 3.41. The highest BCUT2D eigenvalue weighted by Gasteiger charge is 2.43. The lowest BCUT2D eigenvalue weighted by Crippen LogP contribution is -2.35. The van der Waals surface area contributed by atoms with Crippen molar-refractivity contribution in [2.45, 2.75) is 32.5 Å². The predicted octanol–water partition coefficient (Wildman–Crippen LogP) is 3.43. The molecule has 1 aliphatic rings. The fourth-order valence-corrected chi connectivity index (χ4v) is 3.41. The molecule has 0 radical (unpaired) electrons. The van der Waals surface area contributed by atoms with Crippen LogP contribution in [0.5, 0.6) is 0 Å². The van der Waals surface area contributed by atoms with Gasteiger partial charge in [-0.25, -0.2) is 4.68 Å². The Morgan fingerprint density at radius 2 is 1.93 bits per heavy atom. The van der Waals surface area contributed by atoms with Crippen LogP contribution in [0.3, 0.4) is 0 Å². The summed E-state index contributed by atoms with van der Waals surface area (Å²) >= 11 is 0. The summed E-state index contributed by atoms with van der Waals surface area (Å²) in [6.07, 6.45) is -3.01. The van der Waals surface area contributed by atoms with Crippen molar-refractivity contribution >= 4 is 18.3 Å². The van der Waals surface area contributed by atoms with Gasteiger partial charge in [-0.3, -0.25) is 4.79 Å². The minimum atomic E-state index is -4.71. The zero-order valence-corrected chi connectivity index (χ0v) is 15.8. The Morgan fingerprint density at radius 3 is 2.44 bits per heavy atom. The van der Waals surface area contributed by atoms with E-state index in [1.54, 1.807) is 24.3 Å². The number of amides is 1. The number of likely N-dealkylation sites (tertiary alicyclic amines) is 1. The van der Waals surface area contributed by atoms with Gasteiger partial charge in [0, 0.05) is 12.6 Å². The number of aryl methyl sites for hydroxylation is 1. The first-order chi connectivity index (χ1) is 12.2. The van der Waals surface area contributed by atoms with Gasteiger partial charge in [-0.05, 0) is 44.9 Å². The quantitative estimate of drug-likeness (QED) is 0.855. The SMILES string of the molecule is Cc1ccc(-n2ncc(C(=O)N3CC(CN)CC3C)c2C(F)(F)F)cc1.Cl. The number of alkyl halides is 3. The molecular formula is C18H22ClF3N4O. The lowest BCUT2D eigenvalue weighted by Gasteiger charge is -2.22. The first-order valence-corrected chi connectivity index (χ1v) is 8.45. The summed E-state index contributed by atoms with van der Waals surface area (Å²) in [6, 6.07) is 6.35. The molecule has 1 aromatic heterocycles. The molecule has 1 aromatic carbocycles. The number of rotatable bonds is 3. The molecule has 27 heavy (non-hydrogen) atoms. The highest BCUT2D eigenvalue weighted by atomic mass is 35.5. The lowest BCUT2D eigenvalue weighted by atomic mass is 10.1. The second-order valence-corrected chi connectivity index (χ2v) is 6.80. The van der Waals surface area contributed by atoms with Crippen LogP contribution < -0.4 is 5.73 Å². The molecule has 0 spiro atoms. The summed E-state index contributed by atoms with van der Waals surface area (Å²) in [5, 5.41) is 3.86. The molecule has 9 heteroatoms.